The average molecular weight is 356 g/mol. The molecule has 4 aliphatic rings. The van der Waals surface area contributed by atoms with Gasteiger partial charge in [-0.3, -0.25) is 29.0 Å². The van der Waals surface area contributed by atoms with E-state index in [9.17, 15) is 19.2 Å². The molecule has 6 nitrogen and oxygen atoms in total. The van der Waals surface area contributed by atoms with Crippen molar-refractivity contribution in [3.8, 4) is 0 Å². The number of hydrogen-bond acceptors (Lipinski definition) is 4. The highest BCUT2D eigenvalue weighted by molar-refractivity contribution is 6.09. The van der Waals surface area contributed by atoms with Gasteiger partial charge in [0.25, 0.3) is 0 Å². The number of likely N-dealkylation sites (tertiary alicyclic amines) is 2. The van der Waals surface area contributed by atoms with E-state index in [4.69, 9.17) is 0 Å². The Bertz CT molecular complexity index is 706. The summed E-state index contributed by atoms with van der Waals surface area (Å²) in [6, 6.07) is 0. The van der Waals surface area contributed by atoms with E-state index >= 15 is 0 Å². The molecule has 0 unspecified atom stereocenters. The maximum absolute atomic E-state index is 12.8. The lowest BCUT2D eigenvalue weighted by molar-refractivity contribution is -0.146. The summed E-state index contributed by atoms with van der Waals surface area (Å²) in [5, 5.41) is 0. The summed E-state index contributed by atoms with van der Waals surface area (Å²) in [6.45, 7) is 3.87. The van der Waals surface area contributed by atoms with Crippen LogP contribution >= 0.6 is 0 Å². The van der Waals surface area contributed by atoms with E-state index in [0.29, 0.717) is 25.7 Å². The first-order valence-corrected chi connectivity index (χ1v) is 9.32. The molecule has 2 aliphatic carbocycles. The summed E-state index contributed by atoms with van der Waals surface area (Å²) in [7, 11) is 0. The molecule has 0 spiro atoms. The first-order valence-electron chi connectivity index (χ1n) is 9.32. The molecule has 138 valence electrons. The standard InChI is InChI=1S/C20H24N2O4/c1-19-9-5-3-7-13(19)15(23)21(17(19)25)11-12-22-16(24)14-8-4-6-10-20(14,2)18(22)26/h3-6,13-14H,7-12H2,1-2H3/t13-,14+,19-,20+. The average Bonchev–Trinajstić information content (AvgIpc) is 2.93. The molecule has 0 radical (unpaired) electrons. The fourth-order valence-electron chi connectivity index (χ4n) is 4.96. The molecule has 4 amide bonds. The summed E-state index contributed by atoms with van der Waals surface area (Å²) in [4.78, 5) is 53.6. The van der Waals surface area contributed by atoms with Gasteiger partial charge in [0, 0.05) is 13.1 Å². The van der Waals surface area contributed by atoms with Crippen LogP contribution in [0.3, 0.4) is 0 Å². The molecule has 26 heavy (non-hydrogen) atoms. The van der Waals surface area contributed by atoms with Gasteiger partial charge in [0.05, 0.1) is 22.7 Å². The highest BCUT2D eigenvalue weighted by Gasteiger charge is 2.58. The molecule has 0 saturated carbocycles. The van der Waals surface area contributed by atoms with E-state index < -0.39 is 10.8 Å². The van der Waals surface area contributed by atoms with Gasteiger partial charge in [-0.1, -0.05) is 24.3 Å². The number of carbonyl (C=O) groups is 4. The molecule has 6 heteroatoms. The van der Waals surface area contributed by atoms with Crippen molar-refractivity contribution in [3.63, 3.8) is 0 Å². The van der Waals surface area contributed by atoms with Gasteiger partial charge in [-0.05, 0) is 39.5 Å². The van der Waals surface area contributed by atoms with E-state index in [1.807, 2.05) is 38.2 Å². The number of hydrogen-bond donors (Lipinski definition) is 0. The minimum Gasteiger partial charge on any atom is -0.280 e. The Hall–Kier alpha value is -2.24. The Kier molecular flexibility index (Phi) is 3.72. The smallest absolute Gasteiger partial charge is 0.236 e. The van der Waals surface area contributed by atoms with E-state index in [0.717, 1.165) is 0 Å². The van der Waals surface area contributed by atoms with Crippen molar-refractivity contribution < 1.29 is 19.2 Å². The summed E-state index contributed by atoms with van der Waals surface area (Å²) in [6.07, 6.45) is 10.1. The van der Waals surface area contributed by atoms with Crippen LogP contribution in [0.25, 0.3) is 0 Å². The fourth-order valence-corrected chi connectivity index (χ4v) is 4.96. The Morgan fingerprint density at radius 1 is 0.769 bits per heavy atom. The molecule has 4 atom stereocenters. The summed E-state index contributed by atoms with van der Waals surface area (Å²) in [5.41, 5.74) is -1.37. The van der Waals surface area contributed by atoms with Gasteiger partial charge in [-0.25, -0.2) is 0 Å². The number of fused-ring (bicyclic) bond motifs is 2. The van der Waals surface area contributed by atoms with Crippen LogP contribution < -0.4 is 0 Å². The predicted molar refractivity (Wildman–Crippen MR) is 93.4 cm³/mol. The summed E-state index contributed by atoms with van der Waals surface area (Å²) in [5.74, 6) is -1.36. The van der Waals surface area contributed by atoms with Crippen LogP contribution in [-0.4, -0.2) is 46.5 Å². The number of rotatable bonds is 3. The Labute approximate surface area is 152 Å². The van der Waals surface area contributed by atoms with Crippen LogP contribution in [-0.2, 0) is 19.2 Å². The molecule has 2 heterocycles. The van der Waals surface area contributed by atoms with Gasteiger partial charge in [-0.15, -0.1) is 0 Å². The van der Waals surface area contributed by atoms with Crippen molar-refractivity contribution in [2.45, 2.75) is 39.5 Å². The second-order valence-corrected chi connectivity index (χ2v) is 8.35. The summed E-state index contributed by atoms with van der Waals surface area (Å²) >= 11 is 0. The maximum atomic E-state index is 12.8. The molecule has 4 rings (SSSR count). The number of nitrogens with zero attached hydrogens (tertiary/aromatic N) is 2. The van der Waals surface area contributed by atoms with E-state index in [1.165, 1.54) is 9.80 Å². The topological polar surface area (TPSA) is 74.8 Å². The van der Waals surface area contributed by atoms with Crippen molar-refractivity contribution in [1.82, 2.24) is 9.80 Å². The minimum atomic E-state index is -0.686. The molecule has 2 saturated heterocycles. The van der Waals surface area contributed by atoms with E-state index in [1.54, 1.807) is 0 Å². The van der Waals surface area contributed by atoms with Crippen molar-refractivity contribution in [2.75, 3.05) is 13.1 Å². The van der Waals surface area contributed by atoms with Crippen LogP contribution in [0.2, 0.25) is 0 Å². The minimum absolute atomic E-state index is 0.0947. The molecule has 0 aromatic heterocycles. The number of carbonyl (C=O) groups excluding carboxylic acids is 4. The third-order valence-electron chi connectivity index (χ3n) is 6.84. The van der Waals surface area contributed by atoms with Crippen molar-refractivity contribution >= 4 is 23.6 Å². The van der Waals surface area contributed by atoms with Gasteiger partial charge >= 0.3 is 0 Å². The normalized spacial score (nSPS) is 39.0. The maximum Gasteiger partial charge on any atom is 0.236 e. The summed E-state index contributed by atoms with van der Waals surface area (Å²) < 4.78 is 0. The Morgan fingerprint density at radius 2 is 1.15 bits per heavy atom. The molecular weight excluding hydrogens is 332 g/mol. The molecule has 2 fully saturated rings. The molecule has 2 aliphatic heterocycles. The zero-order valence-corrected chi connectivity index (χ0v) is 15.2. The van der Waals surface area contributed by atoms with Crippen molar-refractivity contribution in [1.29, 1.82) is 0 Å². The monoisotopic (exact) mass is 356 g/mol. The van der Waals surface area contributed by atoms with Crippen LogP contribution in [0.15, 0.2) is 24.3 Å². The quantitative estimate of drug-likeness (QED) is 0.569. The third-order valence-corrected chi connectivity index (χ3v) is 6.84. The number of allylic oxidation sites excluding steroid dienone is 4. The zero-order chi connectivity index (χ0) is 18.7. The second-order valence-electron chi connectivity index (χ2n) is 8.35. The molecule has 0 aromatic rings. The lowest BCUT2D eigenvalue weighted by Gasteiger charge is -2.28. The fraction of sp³-hybridized carbons (Fsp3) is 0.600. The highest BCUT2D eigenvalue weighted by atomic mass is 16.2. The molecule has 0 bridgehead atoms. The largest absolute Gasteiger partial charge is 0.280 e. The van der Waals surface area contributed by atoms with Gasteiger partial charge in [0.15, 0.2) is 0 Å². The van der Waals surface area contributed by atoms with Gasteiger partial charge < -0.3 is 0 Å². The van der Waals surface area contributed by atoms with Crippen molar-refractivity contribution in [2.24, 2.45) is 22.7 Å². The second kappa shape index (κ2) is 5.63. The van der Waals surface area contributed by atoms with Gasteiger partial charge in [-0.2, -0.15) is 0 Å². The molecule has 0 N–H and O–H groups in total. The Balaban J connectivity index is 1.50. The van der Waals surface area contributed by atoms with E-state index in [-0.39, 0.29) is 48.6 Å². The van der Waals surface area contributed by atoms with Crippen LogP contribution in [0.1, 0.15) is 39.5 Å². The van der Waals surface area contributed by atoms with Crippen LogP contribution in [0.4, 0.5) is 0 Å². The lowest BCUT2D eigenvalue weighted by atomic mass is 9.72. The van der Waals surface area contributed by atoms with Crippen molar-refractivity contribution in [3.05, 3.63) is 24.3 Å². The molecule has 0 aromatic carbocycles. The first-order chi connectivity index (χ1) is 12.3. The first kappa shape index (κ1) is 17.2. The predicted octanol–water partition coefficient (Wildman–Crippen LogP) is 1.67. The van der Waals surface area contributed by atoms with Gasteiger partial charge in [0.2, 0.25) is 23.6 Å². The van der Waals surface area contributed by atoms with Crippen LogP contribution in [0.5, 0.6) is 0 Å². The molecular formula is C20H24N2O4. The Morgan fingerprint density at radius 3 is 1.50 bits per heavy atom. The third kappa shape index (κ3) is 2.10. The lowest BCUT2D eigenvalue weighted by Crippen LogP contribution is -2.43. The van der Waals surface area contributed by atoms with Gasteiger partial charge in [0.1, 0.15) is 0 Å². The van der Waals surface area contributed by atoms with E-state index in [2.05, 4.69) is 0 Å². The SMILES string of the molecule is C[C@@]12CC=CC[C@@H]1C(=O)N(CCN1C(=O)[C@@H]3CC=CC[C@]3(C)C1=O)C2=O. The number of imide groups is 2. The zero-order valence-electron chi connectivity index (χ0n) is 15.2. The number of amides is 4. The highest BCUT2D eigenvalue weighted by Crippen LogP contribution is 2.47. The van der Waals surface area contributed by atoms with Crippen LogP contribution in [0, 0.1) is 22.7 Å².